The highest BCUT2D eigenvalue weighted by molar-refractivity contribution is 6.36. The molecule has 1 amide bonds. The Kier molecular flexibility index (Phi) is 8.87. The van der Waals surface area contributed by atoms with Crippen molar-refractivity contribution in [3.8, 4) is 11.5 Å². The topological polar surface area (TPSA) is 77.0 Å². The van der Waals surface area contributed by atoms with E-state index in [4.69, 9.17) is 32.7 Å². The monoisotopic (exact) mass is 484 g/mol. The van der Waals surface area contributed by atoms with Crippen LogP contribution in [0.15, 0.2) is 71.8 Å². The summed E-state index contributed by atoms with van der Waals surface area (Å²) in [7, 11) is 0. The number of halogens is 2. The summed E-state index contributed by atoms with van der Waals surface area (Å²) in [6.45, 7) is 2.18. The molecule has 0 aromatic heterocycles. The second kappa shape index (κ2) is 12.0. The van der Waals surface area contributed by atoms with Gasteiger partial charge in [-0.1, -0.05) is 53.5 Å². The molecule has 0 spiro atoms. The lowest BCUT2D eigenvalue weighted by atomic mass is 10.1. The number of benzene rings is 3. The standard InChI is InChI=1S/C25H22Cl2N2O4/c1-2-32-23-14-18(16-28-29-24(30)13-9-17-6-4-3-5-7-17)8-12-22(23)33-25(31)20-11-10-19(26)15-21(20)27/h3-8,10-12,14-16H,2,9,13H2,1H3,(H,29,30)/b28-16+. The third-order valence-corrected chi connectivity index (χ3v) is 5.06. The Bertz CT molecular complexity index is 1150. The van der Waals surface area contributed by atoms with Crippen LogP contribution < -0.4 is 14.9 Å². The van der Waals surface area contributed by atoms with Crippen LogP contribution in [0.2, 0.25) is 10.0 Å². The van der Waals surface area contributed by atoms with Crippen molar-refractivity contribution in [3.63, 3.8) is 0 Å². The largest absolute Gasteiger partial charge is 0.490 e. The van der Waals surface area contributed by atoms with E-state index in [-0.39, 0.29) is 22.2 Å². The van der Waals surface area contributed by atoms with Crippen molar-refractivity contribution in [2.45, 2.75) is 19.8 Å². The van der Waals surface area contributed by atoms with E-state index >= 15 is 0 Å². The number of rotatable bonds is 9. The molecule has 0 bridgehead atoms. The molecule has 33 heavy (non-hydrogen) atoms. The lowest BCUT2D eigenvalue weighted by Gasteiger charge is -2.12. The summed E-state index contributed by atoms with van der Waals surface area (Å²) in [6, 6.07) is 19.2. The Labute approximate surface area is 202 Å². The summed E-state index contributed by atoms with van der Waals surface area (Å²) < 4.78 is 11.1. The zero-order chi connectivity index (χ0) is 23.6. The van der Waals surface area contributed by atoms with Gasteiger partial charge in [0.1, 0.15) is 0 Å². The predicted octanol–water partition coefficient (Wildman–Crippen LogP) is 5.69. The Hall–Kier alpha value is -3.35. The van der Waals surface area contributed by atoms with Crippen LogP contribution in [-0.4, -0.2) is 24.7 Å². The SMILES string of the molecule is CCOc1cc(/C=N/NC(=O)CCc2ccccc2)ccc1OC(=O)c1ccc(Cl)cc1Cl. The molecule has 0 heterocycles. The number of hydrogen-bond acceptors (Lipinski definition) is 5. The molecular weight excluding hydrogens is 463 g/mol. The summed E-state index contributed by atoms with van der Waals surface area (Å²) in [5.41, 5.74) is 4.44. The van der Waals surface area contributed by atoms with Gasteiger partial charge in [0.15, 0.2) is 11.5 Å². The molecular formula is C25H22Cl2N2O4. The molecule has 3 rings (SSSR count). The van der Waals surface area contributed by atoms with E-state index in [0.717, 1.165) is 5.56 Å². The van der Waals surface area contributed by atoms with E-state index in [1.165, 1.54) is 18.3 Å². The van der Waals surface area contributed by atoms with Crippen molar-refractivity contribution in [2.24, 2.45) is 5.10 Å². The third-order valence-electron chi connectivity index (χ3n) is 4.51. The van der Waals surface area contributed by atoms with E-state index in [1.807, 2.05) is 37.3 Å². The van der Waals surface area contributed by atoms with Gasteiger partial charge in [0.05, 0.1) is 23.4 Å². The molecule has 3 aromatic carbocycles. The minimum Gasteiger partial charge on any atom is -0.490 e. The number of aryl methyl sites for hydroxylation is 1. The van der Waals surface area contributed by atoms with Gasteiger partial charge in [0, 0.05) is 11.4 Å². The zero-order valence-corrected chi connectivity index (χ0v) is 19.4. The van der Waals surface area contributed by atoms with Crippen LogP contribution in [0.5, 0.6) is 11.5 Å². The first-order valence-corrected chi connectivity index (χ1v) is 11.0. The van der Waals surface area contributed by atoms with Crippen molar-refractivity contribution >= 4 is 41.3 Å². The highest BCUT2D eigenvalue weighted by Gasteiger charge is 2.16. The van der Waals surface area contributed by atoms with Gasteiger partial charge in [0.25, 0.3) is 0 Å². The fourth-order valence-corrected chi connectivity index (χ4v) is 3.39. The fraction of sp³-hybridized carbons (Fsp3) is 0.160. The van der Waals surface area contributed by atoms with E-state index in [0.29, 0.717) is 35.8 Å². The van der Waals surface area contributed by atoms with Crippen LogP contribution in [0.25, 0.3) is 0 Å². The molecule has 0 fully saturated rings. The van der Waals surface area contributed by atoms with Crippen molar-refractivity contribution in [1.29, 1.82) is 0 Å². The average molecular weight is 485 g/mol. The van der Waals surface area contributed by atoms with Gasteiger partial charge in [-0.3, -0.25) is 4.79 Å². The van der Waals surface area contributed by atoms with E-state index in [9.17, 15) is 9.59 Å². The summed E-state index contributed by atoms with van der Waals surface area (Å²) >= 11 is 12.0. The zero-order valence-electron chi connectivity index (χ0n) is 17.9. The van der Waals surface area contributed by atoms with Gasteiger partial charge in [-0.25, -0.2) is 10.2 Å². The minimum atomic E-state index is -0.635. The van der Waals surface area contributed by atoms with Crippen LogP contribution in [0.4, 0.5) is 0 Å². The highest BCUT2D eigenvalue weighted by atomic mass is 35.5. The molecule has 0 saturated heterocycles. The number of nitrogens with zero attached hydrogens (tertiary/aromatic N) is 1. The molecule has 0 saturated carbocycles. The van der Waals surface area contributed by atoms with Crippen molar-refractivity contribution in [2.75, 3.05) is 6.61 Å². The maximum absolute atomic E-state index is 12.5. The Morgan fingerprint density at radius 1 is 1.00 bits per heavy atom. The molecule has 170 valence electrons. The average Bonchev–Trinajstić information content (AvgIpc) is 2.80. The number of esters is 1. The number of hydrazone groups is 1. The Morgan fingerprint density at radius 3 is 2.52 bits per heavy atom. The first-order chi connectivity index (χ1) is 16.0. The Balaban J connectivity index is 1.62. The van der Waals surface area contributed by atoms with E-state index in [2.05, 4.69) is 10.5 Å². The Morgan fingerprint density at radius 2 is 1.79 bits per heavy atom. The predicted molar refractivity (Wildman–Crippen MR) is 130 cm³/mol. The molecule has 0 atom stereocenters. The normalized spacial score (nSPS) is 10.8. The first-order valence-electron chi connectivity index (χ1n) is 10.3. The molecule has 3 aromatic rings. The summed E-state index contributed by atoms with van der Waals surface area (Å²) in [5, 5.41) is 4.61. The lowest BCUT2D eigenvalue weighted by molar-refractivity contribution is -0.121. The van der Waals surface area contributed by atoms with Crippen molar-refractivity contribution < 1.29 is 19.1 Å². The summed E-state index contributed by atoms with van der Waals surface area (Å²) in [5.74, 6) is -0.234. The third kappa shape index (κ3) is 7.34. The minimum absolute atomic E-state index is 0.187. The van der Waals surface area contributed by atoms with Gasteiger partial charge >= 0.3 is 5.97 Å². The molecule has 0 aliphatic carbocycles. The molecule has 1 N–H and O–H groups in total. The number of nitrogens with one attached hydrogen (secondary N) is 1. The van der Waals surface area contributed by atoms with Crippen molar-refractivity contribution in [3.05, 3.63) is 93.5 Å². The van der Waals surface area contributed by atoms with Crippen LogP contribution in [0.3, 0.4) is 0 Å². The molecule has 0 unspecified atom stereocenters. The lowest BCUT2D eigenvalue weighted by Crippen LogP contribution is -2.17. The van der Waals surface area contributed by atoms with Gasteiger partial charge in [-0.15, -0.1) is 0 Å². The molecule has 0 radical (unpaired) electrons. The number of amides is 1. The number of hydrogen-bond donors (Lipinski definition) is 1. The summed E-state index contributed by atoms with van der Waals surface area (Å²) in [6.07, 6.45) is 2.45. The highest BCUT2D eigenvalue weighted by Crippen LogP contribution is 2.30. The quantitative estimate of drug-likeness (QED) is 0.183. The number of ether oxygens (including phenoxy) is 2. The van der Waals surface area contributed by atoms with Gasteiger partial charge < -0.3 is 9.47 Å². The number of carbonyl (C=O) groups is 2. The first kappa shape index (κ1) is 24.3. The maximum Gasteiger partial charge on any atom is 0.345 e. The molecule has 8 heteroatoms. The van der Waals surface area contributed by atoms with E-state index in [1.54, 1.807) is 24.3 Å². The molecule has 6 nitrogen and oxygen atoms in total. The van der Waals surface area contributed by atoms with Crippen molar-refractivity contribution in [1.82, 2.24) is 5.43 Å². The fourth-order valence-electron chi connectivity index (χ4n) is 2.90. The van der Waals surface area contributed by atoms with Crippen LogP contribution >= 0.6 is 23.2 Å². The van der Waals surface area contributed by atoms with Crippen LogP contribution in [0, 0.1) is 0 Å². The van der Waals surface area contributed by atoms with Crippen LogP contribution in [-0.2, 0) is 11.2 Å². The van der Waals surface area contributed by atoms with Gasteiger partial charge in [-0.05, 0) is 60.9 Å². The van der Waals surface area contributed by atoms with Gasteiger partial charge in [0.2, 0.25) is 5.91 Å². The second-order valence-corrected chi connectivity index (χ2v) is 7.78. The van der Waals surface area contributed by atoms with Gasteiger partial charge in [-0.2, -0.15) is 5.10 Å². The number of carbonyl (C=O) groups excluding carboxylic acids is 2. The maximum atomic E-state index is 12.5. The second-order valence-electron chi connectivity index (χ2n) is 6.93. The summed E-state index contributed by atoms with van der Waals surface area (Å²) in [4.78, 5) is 24.5. The van der Waals surface area contributed by atoms with Crippen LogP contribution in [0.1, 0.15) is 34.8 Å². The molecule has 0 aliphatic rings. The van der Waals surface area contributed by atoms with E-state index < -0.39 is 5.97 Å². The smallest absolute Gasteiger partial charge is 0.345 e. The molecule has 0 aliphatic heterocycles.